The summed E-state index contributed by atoms with van der Waals surface area (Å²) < 4.78 is 1.57. The topological polar surface area (TPSA) is 99.6 Å². The molecule has 0 radical (unpaired) electrons. The van der Waals surface area contributed by atoms with Crippen molar-refractivity contribution in [3.63, 3.8) is 0 Å². The van der Waals surface area contributed by atoms with E-state index in [9.17, 15) is 4.79 Å². The Morgan fingerprint density at radius 2 is 1.93 bits per heavy atom. The van der Waals surface area contributed by atoms with Crippen molar-refractivity contribution < 1.29 is 0 Å². The van der Waals surface area contributed by atoms with Gasteiger partial charge in [0.25, 0.3) is 5.56 Å². The second-order valence-corrected chi connectivity index (χ2v) is 6.76. The van der Waals surface area contributed by atoms with E-state index in [2.05, 4.69) is 19.9 Å². The van der Waals surface area contributed by atoms with E-state index >= 15 is 0 Å². The summed E-state index contributed by atoms with van der Waals surface area (Å²) in [6.45, 7) is 4.21. The number of halogens is 1. The molecule has 0 unspecified atom stereocenters. The first kappa shape index (κ1) is 18.1. The van der Waals surface area contributed by atoms with Crippen LogP contribution in [0.15, 0.2) is 47.7 Å². The van der Waals surface area contributed by atoms with Gasteiger partial charge in [0.1, 0.15) is 5.65 Å². The highest BCUT2D eigenvalue weighted by Crippen LogP contribution is 2.31. The summed E-state index contributed by atoms with van der Waals surface area (Å²) in [5, 5.41) is 1.17. The molecule has 0 saturated carbocycles. The first-order valence-corrected chi connectivity index (χ1v) is 9.10. The SMILES string of the molecule is CCn1c(=O)c(-c2ccc(-c3cncc(C)n3)cc2Cl)cc2cnc(N)nc21. The van der Waals surface area contributed by atoms with E-state index in [0.29, 0.717) is 28.3 Å². The van der Waals surface area contributed by atoms with Crippen LogP contribution in [-0.4, -0.2) is 24.5 Å². The van der Waals surface area contributed by atoms with Gasteiger partial charge in [-0.2, -0.15) is 4.98 Å². The molecule has 0 spiro atoms. The molecule has 0 saturated heterocycles. The van der Waals surface area contributed by atoms with Crippen LogP contribution in [0.3, 0.4) is 0 Å². The molecular formula is C20H17ClN6O. The molecule has 0 aliphatic heterocycles. The van der Waals surface area contributed by atoms with Crippen molar-refractivity contribution in [1.82, 2.24) is 24.5 Å². The van der Waals surface area contributed by atoms with E-state index < -0.39 is 0 Å². The van der Waals surface area contributed by atoms with E-state index in [1.54, 1.807) is 35.3 Å². The van der Waals surface area contributed by atoms with Crippen molar-refractivity contribution in [1.29, 1.82) is 0 Å². The van der Waals surface area contributed by atoms with Gasteiger partial charge >= 0.3 is 0 Å². The molecule has 3 heterocycles. The van der Waals surface area contributed by atoms with Crippen LogP contribution in [0.25, 0.3) is 33.4 Å². The Balaban J connectivity index is 1.90. The van der Waals surface area contributed by atoms with Crippen molar-refractivity contribution in [3.8, 4) is 22.4 Å². The number of nitrogen functional groups attached to an aromatic ring is 1. The third-order valence-electron chi connectivity index (χ3n) is 4.47. The van der Waals surface area contributed by atoms with Crippen LogP contribution in [0.5, 0.6) is 0 Å². The molecule has 7 nitrogen and oxygen atoms in total. The van der Waals surface area contributed by atoms with Gasteiger partial charge in [0.2, 0.25) is 5.95 Å². The number of benzene rings is 1. The van der Waals surface area contributed by atoms with Gasteiger partial charge in [-0.25, -0.2) is 9.97 Å². The molecule has 3 aromatic heterocycles. The molecule has 0 aliphatic rings. The largest absolute Gasteiger partial charge is 0.368 e. The van der Waals surface area contributed by atoms with Crippen molar-refractivity contribution in [2.45, 2.75) is 20.4 Å². The van der Waals surface area contributed by atoms with Crippen molar-refractivity contribution >= 4 is 28.6 Å². The minimum absolute atomic E-state index is 0.128. The Hall–Kier alpha value is -3.32. The predicted molar refractivity (Wildman–Crippen MR) is 110 cm³/mol. The number of anilines is 1. The second-order valence-electron chi connectivity index (χ2n) is 6.35. The third-order valence-corrected chi connectivity index (χ3v) is 4.78. The smallest absolute Gasteiger partial charge is 0.260 e. The van der Waals surface area contributed by atoms with Gasteiger partial charge in [-0.15, -0.1) is 0 Å². The molecule has 0 bridgehead atoms. The quantitative estimate of drug-likeness (QED) is 0.573. The molecule has 0 fully saturated rings. The number of aryl methyl sites for hydroxylation is 2. The van der Waals surface area contributed by atoms with Crippen LogP contribution in [0.1, 0.15) is 12.6 Å². The maximum atomic E-state index is 13.1. The lowest BCUT2D eigenvalue weighted by Crippen LogP contribution is -2.22. The fourth-order valence-electron chi connectivity index (χ4n) is 3.15. The molecule has 2 N–H and O–H groups in total. The van der Waals surface area contributed by atoms with E-state index in [-0.39, 0.29) is 11.5 Å². The Bertz CT molecular complexity index is 1270. The normalized spacial score (nSPS) is 11.1. The maximum Gasteiger partial charge on any atom is 0.260 e. The molecule has 0 aliphatic carbocycles. The average molecular weight is 393 g/mol. The minimum atomic E-state index is -0.182. The van der Waals surface area contributed by atoms with E-state index in [1.165, 1.54) is 0 Å². The summed E-state index contributed by atoms with van der Waals surface area (Å²) in [6.07, 6.45) is 4.98. The first-order valence-electron chi connectivity index (χ1n) is 8.73. The summed E-state index contributed by atoms with van der Waals surface area (Å²) in [7, 11) is 0. The number of aromatic nitrogens is 5. The lowest BCUT2D eigenvalue weighted by molar-refractivity contribution is 0.751. The van der Waals surface area contributed by atoms with Crippen LogP contribution in [0.4, 0.5) is 5.95 Å². The number of hydrogen-bond acceptors (Lipinski definition) is 6. The molecule has 0 atom stereocenters. The lowest BCUT2D eigenvalue weighted by atomic mass is 10.0. The second kappa shape index (κ2) is 7.01. The van der Waals surface area contributed by atoms with Crippen LogP contribution < -0.4 is 11.3 Å². The van der Waals surface area contributed by atoms with Crippen molar-refractivity contribution in [2.24, 2.45) is 0 Å². The highest BCUT2D eigenvalue weighted by Gasteiger charge is 2.15. The summed E-state index contributed by atoms with van der Waals surface area (Å²) in [5.41, 5.74) is 9.50. The highest BCUT2D eigenvalue weighted by molar-refractivity contribution is 6.33. The number of hydrogen-bond donors (Lipinski definition) is 1. The molecule has 4 rings (SSSR count). The maximum absolute atomic E-state index is 13.1. The number of nitrogens with zero attached hydrogens (tertiary/aromatic N) is 5. The zero-order valence-electron chi connectivity index (χ0n) is 15.3. The Morgan fingerprint density at radius 3 is 2.64 bits per heavy atom. The summed E-state index contributed by atoms with van der Waals surface area (Å²) in [4.78, 5) is 29.9. The Labute approximate surface area is 165 Å². The molecule has 4 aromatic rings. The summed E-state index contributed by atoms with van der Waals surface area (Å²) >= 11 is 6.55. The summed E-state index contributed by atoms with van der Waals surface area (Å²) in [5.74, 6) is 0.128. The third kappa shape index (κ3) is 3.10. The van der Waals surface area contributed by atoms with Gasteiger partial charge in [-0.1, -0.05) is 23.7 Å². The zero-order chi connectivity index (χ0) is 19.8. The van der Waals surface area contributed by atoms with Gasteiger partial charge in [-0.05, 0) is 26.0 Å². The van der Waals surface area contributed by atoms with Gasteiger partial charge in [-0.3, -0.25) is 14.3 Å². The van der Waals surface area contributed by atoms with Gasteiger partial charge < -0.3 is 5.73 Å². The number of fused-ring (bicyclic) bond motifs is 1. The van der Waals surface area contributed by atoms with Crippen LogP contribution in [0.2, 0.25) is 5.02 Å². The number of rotatable bonds is 3. The fraction of sp³-hybridized carbons (Fsp3) is 0.150. The number of nitrogens with two attached hydrogens (primary N) is 1. The van der Waals surface area contributed by atoms with Crippen LogP contribution in [-0.2, 0) is 6.54 Å². The van der Waals surface area contributed by atoms with Crippen LogP contribution in [0, 0.1) is 6.92 Å². The van der Waals surface area contributed by atoms with E-state index in [1.807, 2.05) is 26.0 Å². The first-order chi connectivity index (χ1) is 13.5. The lowest BCUT2D eigenvalue weighted by Gasteiger charge is -2.12. The molecular weight excluding hydrogens is 376 g/mol. The van der Waals surface area contributed by atoms with Gasteiger partial charge in [0.05, 0.1) is 17.6 Å². The minimum Gasteiger partial charge on any atom is -0.368 e. The Morgan fingerprint density at radius 1 is 1.11 bits per heavy atom. The van der Waals surface area contributed by atoms with Gasteiger partial charge in [0, 0.05) is 46.0 Å². The number of pyridine rings is 1. The molecule has 0 amide bonds. The molecule has 8 heteroatoms. The highest BCUT2D eigenvalue weighted by atomic mass is 35.5. The molecule has 28 heavy (non-hydrogen) atoms. The predicted octanol–water partition coefficient (Wildman–Crippen LogP) is 3.48. The molecule has 140 valence electrons. The molecule has 1 aromatic carbocycles. The summed E-state index contributed by atoms with van der Waals surface area (Å²) in [6, 6.07) is 7.24. The van der Waals surface area contributed by atoms with Crippen molar-refractivity contribution in [3.05, 3.63) is 63.9 Å². The van der Waals surface area contributed by atoms with E-state index in [4.69, 9.17) is 17.3 Å². The fourth-order valence-corrected chi connectivity index (χ4v) is 3.44. The van der Waals surface area contributed by atoms with E-state index in [0.717, 1.165) is 22.3 Å². The monoisotopic (exact) mass is 392 g/mol. The Kier molecular flexibility index (Phi) is 4.52. The standard InChI is InChI=1S/C20H17ClN6O/c1-3-27-18-13(9-24-20(22)26-18)6-15(19(27)28)14-5-4-12(7-16(14)21)17-10-23-8-11(2)25-17/h4-10H,3H2,1-2H3,(H2,22,24,26). The zero-order valence-corrected chi connectivity index (χ0v) is 16.1. The van der Waals surface area contributed by atoms with Gasteiger partial charge in [0.15, 0.2) is 0 Å². The average Bonchev–Trinajstić information content (AvgIpc) is 2.68. The van der Waals surface area contributed by atoms with Crippen molar-refractivity contribution in [2.75, 3.05) is 5.73 Å². The van der Waals surface area contributed by atoms with Crippen LogP contribution >= 0.6 is 11.6 Å².